The number of rotatable bonds is 5. The van der Waals surface area contributed by atoms with Gasteiger partial charge < -0.3 is 0 Å². The van der Waals surface area contributed by atoms with Gasteiger partial charge in [0.25, 0.3) is 5.91 Å². The van der Waals surface area contributed by atoms with Gasteiger partial charge >= 0.3 is 0 Å². The van der Waals surface area contributed by atoms with E-state index in [1.54, 1.807) is 0 Å². The molecule has 0 atom stereocenters. The average Bonchev–Trinajstić information content (AvgIpc) is 2.91. The lowest BCUT2D eigenvalue weighted by Gasteiger charge is -2.04. The van der Waals surface area contributed by atoms with Crippen LogP contribution in [0.1, 0.15) is 5.56 Å². The van der Waals surface area contributed by atoms with Crippen LogP contribution in [0.15, 0.2) is 64.8 Å². The molecular weight excluding hydrogens is 246 g/mol. The molecular formula is C14H15NO2S. The predicted octanol–water partition coefficient (Wildman–Crippen LogP) is 2.79. The summed E-state index contributed by atoms with van der Waals surface area (Å²) in [5.74, 6) is -0.234. The topological polar surface area (TPSA) is 38.3 Å². The molecule has 1 aliphatic heterocycles. The van der Waals surface area contributed by atoms with Gasteiger partial charge in [0.2, 0.25) is 0 Å². The van der Waals surface area contributed by atoms with Crippen molar-refractivity contribution < 1.29 is 9.63 Å². The zero-order valence-corrected chi connectivity index (χ0v) is 10.7. The lowest BCUT2D eigenvalue weighted by atomic mass is 10.2. The summed E-state index contributed by atoms with van der Waals surface area (Å²) in [5.41, 5.74) is 3.41. The van der Waals surface area contributed by atoms with E-state index in [9.17, 15) is 4.79 Å². The van der Waals surface area contributed by atoms with E-state index in [4.69, 9.17) is 4.84 Å². The molecule has 0 saturated carbocycles. The van der Waals surface area contributed by atoms with Crippen molar-refractivity contribution >= 4 is 16.8 Å². The summed E-state index contributed by atoms with van der Waals surface area (Å²) in [7, 11) is -0.394. The number of amides is 1. The van der Waals surface area contributed by atoms with Crippen molar-refractivity contribution in [2.45, 2.75) is 6.61 Å². The fourth-order valence-corrected chi connectivity index (χ4v) is 2.60. The Labute approximate surface area is 109 Å². The lowest BCUT2D eigenvalue weighted by molar-refractivity contribution is -0.129. The van der Waals surface area contributed by atoms with Gasteiger partial charge in [-0.3, -0.25) is 9.63 Å². The van der Waals surface area contributed by atoms with Crippen LogP contribution >= 0.6 is 10.9 Å². The summed E-state index contributed by atoms with van der Waals surface area (Å²) in [6, 6.07) is 9.69. The van der Waals surface area contributed by atoms with E-state index in [-0.39, 0.29) is 5.91 Å². The standard InChI is InChI=1S/C14H15NO2S/c16-14(8-11-18-9-4-5-10-18)15-17-12-13-6-2-1-3-7-13/h1-11,18H,12H2,(H,15,16). The highest BCUT2D eigenvalue weighted by Crippen LogP contribution is 2.33. The third kappa shape index (κ3) is 4.24. The number of hydrogen-bond acceptors (Lipinski definition) is 2. The van der Waals surface area contributed by atoms with E-state index in [0.717, 1.165) is 5.56 Å². The van der Waals surface area contributed by atoms with Crippen LogP contribution in [0.5, 0.6) is 0 Å². The Bertz CT molecular complexity index is 468. The van der Waals surface area contributed by atoms with Gasteiger partial charge in [0.05, 0.1) is 6.61 Å². The van der Waals surface area contributed by atoms with E-state index in [2.05, 4.69) is 16.3 Å². The van der Waals surface area contributed by atoms with Gasteiger partial charge in [-0.1, -0.05) is 42.5 Å². The molecule has 1 aliphatic rings. The third-order valence-electron chi connectivity index (χ3n) is 2.28. The normalized spacial score (nSPS) is 15.4. The van der Waals surface area contributed by atoms with Gasteiger partial charge in [-0.2, -0.15) is 10.9 Å². The minimum absolute atomic E-state index is 0.234. The molecule has 1 heterocycles. The first-order valence-electron chi connectivity index (χ1n) is 5.61. The predicted molar refractivity (Wildman–Crippen MR) is 75.8 cm³/mol. The van der Waals surface area contributed by atoms with Crippen molar-refractivity contribution in [3.8, 4) is 0 Å². The van der Waals surface area contributed by atoms with Crippen LogP contribution in [0, 0.1) is 0 Å². The largest absolute Gasteiger partial charge is 0.269 e. The Kier molecular flexibility index (Phi) is 4.81. The number of carbonyl (C=O) groups is 1. The molecule has 0 aromatic heterocycles. The number of hydroxylamine groups is 1. The van der Waals surface area contributed by atoms with Crippen LogP contribution < -0.4 is 5.48 Å². The van der Waals surface area contributed by atoms with Crippen molar-refractivity contribution in [3.63, 3.8) is 0 Å². The second-order valence-corrected chi connectivity index (χ2v) is 5.48. The molecule has 94 valence electrons. The molecule has 1 aromatic carbocycles. The maximum Gasteiger partial charge on any atom is 0.268 e. The first kappa shape index (κ1) is 12.7. The van der Waals surface area contributed by atoms with Crippen molar-refractivity contribution in [1.29, 1.82) is 0 Å². The zero-order chi connectivity index (χ0) is 12.6. The van der Waals surface area contributed by atoms with Crippen molar-refractivity contribution in [1.82, 2.24) is 5.48 Å². The SMILES string of the molecule is O=C(C=C[SH]1C=CC=C1)NOCc1ccccc1. The Morgan fingerprint density at radius 2 is 1.94 bits per heavy atom. The van der Waals surface area contributed by atoms with Gasteiger partial charge in [-0.25, -0.2) is 5.48 Å². The fourth-order valence-electron chi connectivity index (χ4n) is 1.40. The quantitative estimate of drug-likeness (QED) is 0.486. The van der Waals surface area contributed by atoms with Crippen LogP contribution in [-0.4, -0.2) is 5.91 Å². The summed E-state index contributed by atoms with van der Waals surface area (Å²) in [6.07, 6.45) is 5.48. The van der Waals surface area contributed by atoms with Gasteiger partial charge in [-0.05, 0) is 21.8 Å². The molecule has 2 rings (SSSR count). The average molecular weight is 261 g/mol. The summed E-state index contributed by atoms with van der Waals surface area (Å²) in [5, 5.41) is 6.03. The highest BCUT2D eigenvalue weighted by atomic mass is 32.2. The lowest BCUT2D eigenvalue weighted by Crippen LogP contribution is -2.21. The maximum absolute atomic E-state index is 11.4. The van der Waals surface area contributed by atoms with Gasteiger partial charge in [0, 0.05) is 6.08 Å². The minimum Gasteiger partial charge on any atom is -0.269 e. The second kappa shape index (κ2) is 6.83. The second-order valence-electron chi connectivity index (χ2n) is 3.69. The first-order chi connectivity index (χ1) is 8.84. The van der Waals surface area contributed by atoms with Crippen molar-refractivity contribution in [2.24, 2.45) is 0 Å². The highest BCUT2D eigenvalue weighted by Gasteiger charge is 1.98. The molecule has 0 radical (unpaired) electrons. The highest BCUT2D eigenvalue weighted by molar-refractivity contribution is 8.24. The van der Waals surface area contributed by atoms with Crippen molar-refractivity contribution in [3.05, 3.63) is 70.3 Å². The third-order valence-corrected chi connectivity index (χ3v) is 3.81. The van der Waals surface area contributed by atoms with Gasteiger partial charge in [0.15, 0.2) is 0 Å². The van der Waals surface area contributed by atoms with Crippen molar-refractivity contribution in [2.75, 3.05) is 0 Å². The Hall–Kier alpha value is -1.78. The van der Waals surface area contributed by atoms with E-state index in [1.807, 2.05) is 47.9 Å². The molecule has 1 aromatic rings. The molecule has 0 saturated heterocycles. The molecule has 3 nitrogen and oxygen atoms in total. The molecule has 1 N–H and O–H groups in total. The molecule has 1 amide bonds. The Morgan fingerprint density at radius 3 is 2.67 bits per heavy atom. The number of nitrogens with one attached hydrogen (secondary N) is 1. The Morgan fingerprint density at radius 1 is 1.22 bits per heavy atom. The van der Waals surface area contributed by atoms with Crippen LogP contribution in [0.2, 0.25) is 0 Å². The molecule has 0 fully saturated rings. The number of allylic oxidation sites excluding steroid dienone is 2. The molecule has 0 bridgehead atoms. The molecule has 4 heteroatoms. The maximum atomic E-state index is 11.4. The number of hydrogen-bond donors (Lipinski definition) is 2. The minimum atomic E-state index is -0.394. The van der Waals surface area contributed by atoms with Crippen LogP contribution in [-0.2, 0) is 16.2 Å². The van der Waals surface area contributed by atoms with E-state index >= 15 is 0 Å². The van der Waals surface area contributed by atoms with E-state index in [0.29, 0.717) is 6.61 Å². The van der Waals surface area contributed by atoms with Crippen LogP contribution in [0.4, 0.5) is 0 Å². The number of carbonyl (C=O) groups excluding carboxylic acids is 1. The summed E-state index contributed by atoms with van der Waals surface area (Å²) >= 11 is 0. The van der Waals surface area contributed by atoms with E-state index in [1.165, 1.54) is 6.08 Å². The molecule has 0 aliphatic carbocycles. The zero-order valence-electron chi connectivity index (χ0n) is 9.82. The summed E-state index contributed by atoms with van der Waals surface area (Å²) in [6.45, 7) is 0.370. The number of thiol groups is 1. The molecule has 0 spiro atoms. The van der Waals surface area contributed by atoms with Gasteiger partial charge in [0.1, 0.15) is 0 Å². The molecule has 0 unspecified atom stereocenters. The monoisotopic (exact) mass is 261 g/mol. The summed E-state index contributed by atoms with van der Waals surface area (Å²) < 4.78 is 0. The fraction of sp³-hybridized carbons (Fsp3) is 0.0714. The first-order valence-corrected chi connectivity index (χ1v) is 7.16. The van der Waals surface area contributed by atoms with Crippen LogP contribution in [0.25, 0.3) is 0 Å². The molecule has 18 heavy (non-hydrogen) atoms. The smallest absolute Gasteiger partial charge is 0.268 e. The Balaban J connectivity index is 1.69. The number of benzene rings is 1. The van der Waals surface area contributed by atoms with Crippen LogP contribution in [0.3, 0.4) is 0 Å². The summed E-state index contributed by atoms with van der Waals surface area (Å²) in [4.78, 5) is 16.5. The van der Waals surface area contributed by atoms with E-state index < -0.39 is 10.9 Å². The van der Waals surface area contributed by atoms with Gasteiger partial charge in [-0.15, -0.1) is 0 Å².